The molecule has 13 heavy (non-hydrogen) atoms. The monoisotopic (exact) mass is 180 g/mol. The van der Waals surface area contributed by atoms with Gasteiger partial charge in [0.15, 0.2) is 0 Å². The van der Waals surface area contributed by atoms with E-state index in [1.165, 1.54) is 5.69 Å². The Labute approximate surface area is 78.3 Å². The molecule has 1 aromatic rings. The Bertz CT molecular complexity index is 292. The van der Waals surface area contributed by atoms with Crippen LogP contribution in [0.1, 0.15) is 37.7 Å². The Morgan fingerprint density at radius 2 is 2.46 bits per heavy atom. The predicted molar refractivity (Wildman–Crippen MR) is 50.4 cm³/mol. The van der Waals surface area contributed by atoms with Crippen molar-refractivity contribution in [3.05, 3.63) is 11.4 Å². The lowest BCUT2D eigenvalue weighted by atomic mass is 10.1. The van der Waals surface area contributed by atoms with Gasteiger partial charge in [-0.1, -0.05) is 12.1 Å². The van der Waals surface area contributed by atoms with Crippen LogP contribution >= 0.6 is 0 Å². The van der Waals surface area contributed by atoms with Crippen molar-refractivity contribution in [1.29, 1.82) is 0 Å². The number of nitrogens with one attached hydrogen (secondary N) is 1. The molecule has 0 saturated heterocycles. The normalized spacial score (nSPS) is 18.3. The highest BCUT2D eigenvalue weighted by Gasteiger charge is 2.18. The van der Waals surface area contributed by atoms with E-state index in [9.17, 15) is 0 Å². The number of hydrogen-bond donors (Lipinski definition) is 1. The minimum Gasteiger partial charge on any atom is -0.311 e. The first-order valence-electron chi connectivity index (χ1n) is 4.96. The molecule has 4 heteroatoms. The van der Waals surface area contributed by atoms with E-state index in [0.717, 1.165) is 31.6 Å². The molecule has 4 nitrogen and oxygen atoms in total. The fourth-order valence-electron chi connectivity index (χ4n) is 1.68. The van der Waals surface area contributed by atoms with Crippen LogP contribution in [0.5, 0.6) is 0 Å². The quantitative estimate of drug-likeness (QED) is 0.735. The summed E-state index contributed by atoms with van der Waals surface area (Å²) < 4.78 is 2.08. The Morgan fingerprint density at radius 1 is 1.62 bits per heavy atom. The van der Waals surface area contributed by atoms with E-state index >= 15 is 0 Å². The third-order valence-corrected chi connectivity index (χ3v) is 2.71. The molecule has 0 aromatic carbocycles. The molecule has 1 aliphatic rings. The molecule has 0 fully saturated rings. The first-order valence-corrected chi connectivity index (χ1v) is 4.96. The van der Waals surface area contributed by atoms with Crippen LogP contribution in [0.3, 0.4) is 0 Å². The summed E-state index contributed by atoms with van der Waals surface area (Å²) in [7, 11) is 0. The molecule has 72 valence electrons. The first-order chi connectivity index (χ1) is 6.33. The molecule has 1 atom stereocenters. The minimum atomic E-state index is 0.481. The Kier molecular flexibility index (Phi) is 2.31. The van der Waals surface area contributed by atoms with Crippen LogP contribution in [-0.2, 0) is 13.0 Å². The molecule has 1 aliphatic heterocycles. The molecule has 0 amide bonds. The second-order valence-electron chi connectivity index (χ2n) is 3.61. The summed E-state index contributed by atoms with van der Waals surface area (Å²) in [5.41, 5.74) is 2.46. The number of nitrogens with zero attached hydrogens (tertiary/aromatic N) is 3. The van der Waals surface area contributed by atoms with Crippen LogP contribution in [0.25, 0.3) is 0 Å². The Balaban J connectivity index is 2.31. The van der Waals surface area contributed by atoms with E-state index in [0.29, 0.717) is 6.04 Å². The second-order valence-corrected chi connectivity index (χ2v) is 3.61. The van der Waals surface area contributed by atoms with Gasteiger partial charge in [-0.05, 0) is 13.3 Å². The van der Waals surface area contributed by atoms with Crippen molar-refractivity contribution >= 4 is 0 Å². The molecule has 0 spiro atoms. The highest BCUT2D eigenvalue weighted by atomic mass is 15.4. The maximum atomic E-state index is 4.20. The Morgan fingerprint density at radius 3 is 3.23 bits per heavy atom. The highest BCUT2D eigenvalue weighted by Crippen LogP contribution is 2.16. The fourth-order valence-corrected chi connectivity index (χ4v) is 1.68. The molecular weight excluding hydrogens is 164 g/mol. The van der Waals surface area contributed by atoms with Crippen molar-refractivity contribution in [2.24, 2.45) is 0 Å². The van der Waals surface area contributed by atoms with Gasteiger partial charge in [0.1, 0.15) is 0 Å². The summed E-state index contributed by atoms with van der Waals surface area (Å²) in [4.78, 5) is 0. The number of fused-ring (bicyclic) bond motifs is 1. The smallest absolute Gasteiger partial charge is 0.0997 e. The molecule has 0 aliphatic carbocycles. The molecular formula is C9H16N4. The summed E-state index contributed by atoms with van der Waals surface area (Å²) in [5, 5.41) is 11.7. The van der Waals surface area contributed by atoms with Crippen LogP contribution in [0.15, 0.2) is 0 Å². The zero-order valence-corrected chi connectivity index (χ0v) is 8.25. The Hall–Kier alpha value is -0.900. The molecule has 2 rings (SSSR count). The first kappa shape index (κ1) is 8.69. The van der Waals surface area contributed by atoms with Gasteiger partial charge in [0.2, 0.25) is 0 Å². The molecule has 0 radical (unpaired) electrons. The number of rotatable bonds is 2. The van der Waals surface area contributed by atoms with E-state index in [4.69, 9.17) is 0 Å². The van der Waals surface area contributed by atoms with Crippen LogP contribution in [0.2, 0.25) is 0 Å². The van der Waals surface area contributed by atoms with Crippen molar-refractivity contribution in [3.63, 3.8) is 0 Å². The van der Waals surface area contributed by atoms with Gasteiger partial charge < -0.3 is 5.32 Å². The topological polar surface area (TPSA) is 42.7 Å². The highest BCUT2D eigenvalue weighted by molar-refractivity contribution is 5.13. The molecule has 0 bridgehead atoms. The van der Waals surface area contributed by atoms with E-state index < -0.39 is 0 Å². The average molecular weight is 180 g/mol. The summed E-state index contributed by atoms with van der Waals surface area (Å²) in [6, 6.07) is 0.481. The molecule has 1 N–H and O–H groups in total. The third-order valence-electron chi connectivity index (χ3n) is 2.71. The predicted octanol–water partition coefficient (Wildman–Crippen LogP) is 0.895. The SMILES string of the molecule is CCC(C)n1nnc2c1CCNC2. The van der Waals surface area contributed by atoms with Gasteiger partial charge >= 0.3 is 0 Å². The zero-order chi connectivity index (χ0) is 9.26. The average Bonchev–Trinajstić information content (AvgIpc) is 2.60. The van der Waals surface area contributed by atoms with Crippen molar-refractivity contribution in [3.8, 4) is 0 Å². The van der Waals surface area contributed by atoms with Gasteiger partial charge in [-0.2, -0.15) is 0 Å². The largest absolute Gasteiger partial charge is 0.311 e. The van der Waals surface area contributed by atoms with E-state index in [-0.39, 0.29) is 0 Å². The standard InChI is InChI=1S/C9H16N4/c1-3-7(2)13-9-4-5-10-6-8(9)11-12-13/h7,10H,3-6H2,1-2H3. The van der Waals surface area contributed by atoms with Crippen LogP contribution in [-0.4, -0.2) is 21.5 Å². The lowest BCUT2D eigenvalue weighted by molar-refractivity contribution is 0.443. The second kappa shape index (κ2) is 3.46. The summed E-state index contributed by atoms with van der Waals surface area (Å²) >= 11 is 0. The fraction of sp³-hybridized carbons (Fsp3) is 0.778. The molecule has 1 aromatic heterocycles. The van der Waals surface area contributed by atoms with Gasteiger partial charge in [-0.3, -0.25) is 0 Å². The van der Waals surface area contributed by atoms with Gasteiger partial charge in [-0.15, -0.1) is 5.10 Å². The van der Waals surface area contributed by atoms with Gasteiger partial charge in [0.25, 0.3) is 0 Å². The minimum absolute atomic E-state index is 0.481. The van der Waals surface area contributed by atoms with Crippen LogP contribution in [0.4, 0.5) is 0 Å². The number of aromatic nitrogens is 3. The van der Waals surface area contributed by atoms with E-state index in [1.807, 2.05) is 0 Å². The summed E-state index contributed by atoms with van der Waals surface area (Å²) in [5.74, 6) is 0. The van der Waals surface area contributed by atoms with Crippen LogP contribution < -0.4 is 5.32 Å². The van der Waals surface area contributed by atoms with E-state index in [1.54, 1.807) is 0 Å². The van der Waals surface area contributed by atoms with E-state index in [2.05, 4.69) is 34.2 Å². The molecule has 1 unspecified atom stereocenters. The van der Waals surface area contributed by atoms with Gasteiger partial charge in [0.05, 0.1) is 17.4 Å². The van der Waals surface area contributed by atoms with Crippen molar-refractivity contribution in [1.82, 2.24) is 20.3 Å². The lowest BCUT2D eigenvalue weighted by Gasteiger charge is -2.16. The maximum absolute atomic E-state index is 4.20. The summed E-state index contributed by atoms with van der Waals surface area (Å²) in [6.45, 7) is 6.30. The zero-order valence-electron chi connectivity index (χ0n) is 8.25. The maximum Gasteiger partial charge on any atom is 0.0997 e. The summed E-state index contributed by atoms with van der Waals surface area (Å²) in [6.07, 6.45) is 2.18. The molecule has 2 heterocycles. The number of hydrogen-bond acceptors (Lipinski definition) is 3. The third kappa shape index (κ3) is 1.46. The van der Waals surface area contributed by atoms with Crippen molar-refractivity contribution < 1.29 is 0 Å². The van der Waals surface area contributed by atoms with Crippen LogP contribution in [0, 0.1) is 0 Å². The lowest BCUT2D eigenvalue weighted by Crippen LogP contribution is -2.25. The molecule has 0 saturated carbocycles. The van der Waals surface area contributed by atoms with Gasteiger partial charge in [0, 0.05) is 19.5 Å². The van der Waals surface area contributed by atoms with Gasteiger partial charge in [-0.25, -0.2) is 4.68 Å². The van der Waals surface area contributed by atoms with Crippen molar-refractivity contribution in [2.75, 3.05) is 6.54 Å². The van der Waals surface area contributed by atoms with Crippen molar-refractivity contribution in [2.45, 2.75) is 39.3 Å².